The Morgan fingerprint density at radius 2 is 1.73 bits per heavy atom. The minimum atomic E-state index is -0.465. The number of anilines is 2. The molecule has 1 heterocycles. The molecule has 8 heteroatoms. The van der Waals surface area contributed by atoms with E-state index in [4.69, 9.17) is 9.47 Å². The van der Waals surface area contributed by atoms with Gasteiger partial charge in [0, 0.05) is 21.5 Å². The SMILES string of the molecule is COc1ccccc1NC(=O)c1ccc(NC(=O)COC(=O)c2csc3c2CCCC3)cc1. The van der Waals surface area contributed by atoms with Crippen molar-refractivity contribution in [3.05, 3.63) is 75.5 Å². The number of amides is 2. The second-order valence-corrected chi connectivity index (χ2v) is 8.58. The fraction of sp³-hybridized carbons (Fsp3) is 0.240. The molecule has 1 aromatic heterocycles. The third-order valence-electron chi connectivity index (χ3n) is 5.40. The van der Waals surface area contributed by atoms with Gasteiger partial charge in [0.1, 0.15) is 5.75 Å². The first kappa shape index (κ1) is 22.5. The van der Waals surface area contributed by atoms with Gasteiger partial charge in [0.25, 0.3) is 11.8 Å². The number of nitrogens with one attached hydrogen (secondary N) is 2. The molecule has 0 radical (unpaired) electrons. The van der Waals surface area contributed by atoms with Gasteiger partial charge in [-0.15, -0.1) is 11.3 Å². The predicted molar refractivity (Wildman–Crippen MR) is 127 cm³/mol. The number of aryl methyl sites for hydroxylation is 1. The highest BCUT2D eigenvalue weighted by molar-refractivity contribution is 7.10. The lowest BCUT2D eigenvalue weighted by Crippen LogP contribution is -2.21. The van der Waals surface area contributed by atoms with E-state index < -0.39 is 11.9 Å². The van der Waals surface area contributed by atoms with Gasteiger partial charge in [-0.05, 0) is 67.6 Å². The number of carbonyl (C=O) groups is 3. The van der Waals surface area contributed by atoms with Crippen molar-refractivity contribution in [3.8, 4) is 5.75 Å². The Labute approximate surface area is 195 Å². The van der Waals surface area contributed by atoms with Crippen LogP contribution < -0.4 is 15.4 Å². The van der Waals surface area contributed by atoms with Crippen molar-refractivity contribution in [1.82, 2.24) is 0 Å². The molecule has 0 spiro atoms. The van der Waals surface area contributed by atoms with Crippen LogP contribution in [0.5, 0.6) is 5.75 Å². The number of fused-ring (bicyclic) bond motifs is 1. The highest BCUT2D eigenvalue weighted by Gasteiger charge is 2.21. The summed E-state index contributed by atoms with van der Waals surface area (Å²) in [6, 6.07) is 13.6. The monoisotopic (exact) mass is 464 g/mol. The Hall–Kier alpha value is -3.65. The minimum absolute atomic E-state index is 0.301. The summed E-state index contributed by atoms with van der Waals surface area (Å²) in [6.45, 7) is -0.376. The molecule has 0 saturated heterocycles. The molecule has 33 heavy (non-hydrogen) atoms. The van der Waals surface area contributed by atoms with Gasteiger partial charge in [-0.25, -0.2) is 4.79 Å². The van der Waals surface area contributed by atoms with E-state index in [0.717, 1.165) is 31.2 Å². The summed E-state index contributed by atoms with van der Waals surface area (Å²) in [4.78, 5) is 38.4. The van der Waals surface area contributed by atoms with Crippen molar-refractivity contribution >= 4 is 40.5 Å². The number of para-hydroxylation sites is 2. The minimum Gasteiger partial charge on any atom is -0.495 e. The fourth-order valence-corrected chi connectivity index (χ4v) is 4.83. The molecule has 2 N–H and O–H groups in total. The summed E-state index contributed by atoms with van der Waals surface area (Å²) in [5.41, 5.74) is 3.13. The van der Waals surface area contributed by atoms with Crippen molar-refractivity contribution in [2.75, 3.05) is 24.4 Å². The van der Waals surface area contributed by atoms with E-state index >= 15 is 0 Å². The summed E-state index contributed by atoms with van der Waals surface area (Å²) in [5, 5.41) is 7.30. The number of hydrogen-bond donors (Lipinski definition) is 2. The smallest absolute Gasteiger partial charge is 0.339 e. The fourth-order valence-electron chi connectivity index (χ4n) is 3.72. The van der Waals surface area contributed by atoms with Crippen molar-refractivity contribution in [3.63, 3.8) is 0 Å². The van der Waals surface area contributed by atoms with Crippen LogP contribution in [-0.2, 0) is 22.4 Å². The highest BCUT2D eigenvalue weighted by atomic mass is 32.1. The summed E-state index contributed by atoms with van der Waals surface area (Å²) in [6.07, 6.45) is 4.09. The molecule has 0 atom stereocenters. The van der Waals surface area contributed by atoms with E-state index in [1.807, 2.05) is 11.4 Å². The number of thiophene rings is 1. The summed E-state index contributed by atoms with van der Waals surface area (Å²) < 4.78 is 10.5. The van der Waals surface area contributed by atoms with Gasteiger partial charge in [-0.1, -0.05) is 12.1 Å². The quantitative estimate of drug-likeness (QED) is 0.495. The van der Waals surface area contributed by atoms with Gasteiger partial charge in [-0.3, -0.25) is 9.59 Å². The maximum atomic E-state index is 12.5. The molecule has 7 nitrogen and oxygen atoms in total. The second-order valence-electron chi connectivity index (χ2n) is 7.61. The van der Waals surface area contributed by atoms with E-state index in [1.165, 1.54) is 12.0 Å². The molecule has 0 fully saturated rings. The maximum Gasteiger partial charge on any atom is 0.339 e. The van der Waals surface area contributed by atoms with Gasteiger partial charge >= 0.3 is 5.97 Å². The van der Waals surface area contributed by atoms with E-state index in [-0.39, 0.29) is 12.5 Å². The van der Waals surface area contributed by atoms with Gasteiger partial charge in [0.05, 0.1) is 18.4 Å². The summed E-state index contributed by atoms with van der Waals surface area (Å²) >= 11 is 1.58. The molecule has 4 rings (SSSR count). The first-order chi connectivity index (χ1) is 16.0. The number of methoxy groups -OCH3 is 1. The van der Waals surface area contributed by atoms with Crippen molar-refractivity contribution in [1.29, 1.82) is 0 Å². The van der Waals surface area contributed by atoms with Crippen LogP contribution in [0.25, 0.3) is 0 Å². The zero-order chi connectivity index (χ0) is 23.2. The van der Waals surface area contributed by atoms with Gasteiger partial charge < -0.3 is 20.1 Å². The molecule has 1 aliphatic carbocycles. The van der Waals surface area contributed by atoms with E-state index in [2.05, 4.69) is 10.6 Å². The molecule has 1 aliphatic rings. The molecular weight excluding hydrogens is 440 g/mol. The molecule has 0 saturated carbocycles. The topological polar surface area (TPSA) is 93.7 Å². The van der Waals surface area contributed by atoms with Crippen LogP contribution in [-0.4, -0.2) is 31.5 Å². The molecule has 0 unspecified atom stereocenters. The van der Waals surface area contributed by atoms with Crippen LogP contribution in [0.3, 0.4) is 0 Å². The summed E-state index contributed by atoms with van der Waals surface area (Å²) in [7, 11) is 1.54. The average molecular weight is 465 g/mol. The lowest BCUT2D eigenvalue weighted by atomic mass is 9.96. The zero-order valence-electron chi connectivity index (χ0n) is 18.2. The Morgan fingerprint density at radius 1 is 0.970 bits per heavy atom. The first-order valence-corrected chi connectivity index (χ1v) is 11.5. The third-order valence-corrected chi connectivity index (χ3v) is 6.49. The average Bonchev–Trinajstić information content (AvgIpc) is 3.27. The number of carbonyl (C=O) groups excluding carboxylic acids is 3. The van der Waals surface area contributed by atoms with Crippen molar-refractivity contribution < 1.29 is 23.9 Å². The maximum absolute atomic E-state index is 12.5. The predicted octanol–water partition coefficient (Wildman–Crippen LogP) is 4.68. The molecule has 3 aromatic rings. The normalized spacial score (nSPS) is 12.4. The Bertz CT molecular complexity index is 1170. The molecule has 2 amide bonds. The van der Waals surface area contributed by atoms with Crippen LogP contribution in [0, 0.1) is 0 Å². The van der Waals surface area contributed by atoms with Gasteiger partial charge in [0.2, 0.25) is 0 Å². The third kappa shape index (κ3) is 5.40. The molecule has 2 aromatic carbocycles. The highest BCUT2D eigenvalue weighted by Crippen LogP contribution is 2.30. The van der Waals surface area contributed by atoms with E-state index in [1.54, 1.807) is 53.8 Å². The zero-order valence-corrected chi connectivity index (χ0v) is 19.0. The Kier molecular flexibility index (Phi) is 7.04. The van der Waals surface area contributed by atoms with Crippen molar-refractivity contribution in [2.45, 2.75) is 25.7 Å². The van der Waals surface area contributed by atoms with E-state index in [9.17, 15) is 14.4 Å². The second kappa shape index (κ2) is 10.3. The number of ether oxygens (including phenoxy) is 2. The van der Waals surface area contributed by atoms with Crippen LogP contribution in [0.15, 0.2) is 53.9 Å². The first-order valence-electron chi connectivity index (χ1n) is 10.7. The van der Waals surface area contributed by atoms with Crippen LogP contribution >= 0.6 is 11.3 Å². The Morgan fingerprint density at radius 3 is 2.52 bits per heavy atom. The van der Waals surface area contributed by atoms with Gasteiger partial charge in [-0.2, -0.15) is 0 Å². The molecule has 0 aliphatic heterocycles. The number of hydrogen-bond acceptors (Lipinski definition) is 6. The van der Waals surface area contributed by atoms with Crippen LogP contribution in [0.2, 0.25) is 0 Å². The summed E-state index contributed by atoms with van der Waals surface area (Å²) in [5.74, 6) is -0.649. The lowest BCUT2D eigenvalue weighted by Gasteiger charge is -2.12. The number of esters is 1. The standard InChI is InChI=1S/C25H24N2O5S/c1-31-21-8-4-3-7-20(21)27-24(29)16-10-12-17(13-11-16)26-23(28)14-32-25(30)19-15-33-22-9-5-2-6-18(19)22/h3-4,7-8,10-13,15H,2,5-6,9,14H2,1H3,(H,26,28)(H,27,29). The number of benzene rings is 2. The van der Waals surface area contributed by atoms with Crippen LogP contribution in [0.4, 0.5) is 11.4 Å². The largest absolute Gasteiger partial charge is 0.495 e. The van der Waals surface area contributed by atoms with Crippen molar-refractivity contribution in [2.24, 2.45) is 0 Å². The molecule has 0 bridgehead atoms. The lowest BCUT2D eigenvalue weighted by molar-refractivity contribution is -0.119. The van der Waals surface area contributed by atoms with Crippen LogP contribution in [0.1, 0.15) is 44.0 Å². The van der Waals surface area contributed by atoms with E-state index in [0.29, 0.717) is 28.3 Å². The molecular formula is C25H24N2O5S. The van der Waals surface area contributed by atoms with Gasteiger partial charge in [0.15, 0.2) is 6.61 Å². The number of rotatable bonds is 7. The molecule has 170 valence electrons. The Balaban J connectivity index is 1.29.